The topological polar surface area (TPSA) is 47.4 Å². The number of ether oxygens (including phenoxy) is 1. The number of hydrogen-bond acceptors (Lipinski definition) is 3. The Labute approximate surface area is 108 Å². The van der Waals surface area contributed by atoms with Crippen LogP contribution in [0.2, 0.25) is 0 Å². The summed E-state index contributed by atoms with van der Waals surface area (Å²) in [6, 6.07) is 0. The Bertz CT molecular complexity index is 408. The van der Waals surface area contributed by atoms with Gasteiger partial charge >= 0.3 is 0 Å². The SMILES string of the molecule is CCn1cc(CCC(=O)N2CCOCC2)c(C)n1. The number of nitrogens with zero attached hydrogens (tertiary/aromatic N) is 3. The number of morpholine rings is 1. The van der Waals surface area contributed by atoms with Crippen molar-refractivity contribution >= 4 is 5.91 Å². The van der Waals surface area contributed by atoms with Crippen molar-refractivity contribution in [3.05, 3.63) is 17.5 Å². The summed E-state index contributed by atoms with van der Waals surface area (Å²) in [7, 11) is 0. The van der Waals surface area contributed by atoms with Gasteiger partial charge in [0, 0.05) is 32.3 Å². The summed E-state index contributed by atoms with van der Waals surface area (Å²) in [5.41, 5.74) is 2.21. The maximum absolute atomic E-state index is 12.0. The van der Waals surface area contributed by atoms with Crippen LogP contribution >= 0.6 is 0 Å². The molecule has 100 valence electrons. The van der Waals surface area contributed by atoms with Crippen LogP contribution in [-0.2, 0) is 22.5 Å². The average Bonchev–Trinajstić information content (AvgIpc) is 2.77. The molecule has 5 nitrogen and oxygen atoms in total. The molecule has 0 aliphatic carbocycles. The number of aryl methyl sites for hydroxylation is 3. The Morgan fingerprint density at radius 3 is 2.78 bits per heavy atom. The van der Waals surface area contributed by atoms with Crippen LogP contribution < -0.4 is 0 Å². The van der Waals surface area contributed by atoms with E-state index in [0.717, 1.165) is 31.7 Å². The van der Waals surface area contributed by atoms with Crippen LogP contribution in [0.5, 0.6) is 0 Å². The standard InChI is InChI=1S/C13H21N3O2/c1-3-16-10-12(11(2)14-16)4-5-13(17)15-6-8-18-9-7-15/h10H,3-9H2,1-2H3. The smallest absolute Gasteiger partial charge is 0.223 e. The van der Waals surface area contributed by atoms with Crippen molar-refractivity contribution in [1.29, 1.82) is 0 Å². The van der Waals surface area contributed by atoms with Crippen LogP contribution in [0, 0.1) is 6.92 Å². The van der Waals surface area contributed by atoms with E-state index in [9.17, 15) is 4.79 Å². The minimum Gasteiger partial charge on any atom is -0.378 e. The van der Waals surface area contributed by atoms with E-state index in [-0.39, 0.29) is 5.91 Å². The maximum atomic E-state index is 12.0. The molecular weight excluding hydrogens is 230 g/mol. The van der Waals surface area contributed by atoms with Gasteiger partial charge in [-0.2, -0.15) is 5.10 Å². The van der Waals surface area contributed by atoms with Crippen LogP contribution in [0.25, 0.3) is 0 Å². The third-order valence-electron chi connectivity index (χ3n) is 3.34. The van der Waals surface area contributed by atoms with Crippen molar-refractivity contribution in [1.82, 2.24) is 14.7 Å². The Morgan fingerprint density at radius 2 is 2.17 bits per heavy atom. The van der Waals surface area contributed by atoms with Crippen LogP contribution in [-0.4, -0.2) is 46.9 Å². The maximum Gasteiger partial charge on any atom is 0.223 e. The van der Waals surface area contributed by atoms with E-state index in [1.807, 2.05) is 22.7 Å². The summed E-state index contributed by atoms with van der Waals surface area (Å²) in [5, 5.41) is 4.39. The van der Waals surface area contributed by atoms with Gasteiger partial charge in [-0.1, -0.05) is 0 Å². The lowest BCUT2D eigenvalue weighted by atomic mass is 10.1. The van der Waals surface area contributed by atoms with Gasteiger partial charge in [-0.3, -0.25) is 9.48 Å². The van der Waals surface area contributed by atoms with Gasteiger partial charge in [-0.15, -0.1) is 0 Å². The number of aromatic nitrogens is 2. The van der Waals surface area contributed by atoms with Gasteiger partial charge in [-0.25, -0.2) is 0 Å². The predicted octanol–water partition coefficient (Wildman–Crippen LogP) is 1.00. The number of carbonyl (C=O) groups excluding carboxylic acids is 1. The first-order valence-electron chi connectivity index (χ1n) is 6.59. The molecule has 0 aromatic carbocycles. The lowest BCUT2D eigenvalue weighted by Gasteiger charge is -2.26. The van der Waals surface area contributed by atoms with Crippen molar-refractivity contribution in [3.63, 3.8) is 0 Å². The van der Waals surface area contributed by atoms with Crippen molar-refractivity contribution in [2.24, 2.45) is 0 Å². The molecule has 1 aliphatic rings. The third kappa shape index (κ3) is 3.10. The Hall–Kier alpha value is -1.36. The van der Waals surface area contributed by atoms with E-state index in [0.29, 0.717) is 19.6 Å². The second-order valence-electron chi connectivity index (χ2n) is 4.59. The largest absolute Gasteiger partial charge is 0.378 e. The minimum absolute atomic E-state index is 0.224. The zero-order valence-corrected chi connectivity index (χ0v) is 11.2. The van der Waals surface area contributed by atoms with E-state index in [1.54, 1.807) is 0 Å². The van der Waals surface area contributed by atoms with Crippen LogP contribution in [0.1, 0.15) is 24.6 Å². The summed E-state index contributed by atoms with van der Waals surface area (Å²) >= 11 is 0. The number of amides is 1. The van der Waals surface area contributed by atoms with Gasteiger partial charge in [-0.05, 0) is 25.8 Å². The molecule has 2 heterocycles. The molecule has 0 N–H and O–H groups in total. The van der Waals surface area contributed by atoms with E-state index >= 15 is 0 Å². The monoisotopic (exact) mass is 251 g/mol. The van der Waals surface area contributed by atoms with Crippen LogP contribution in [0.4, 0.5) is 0 Å². The van der Waals surface area contributed by atoms with E-state index in [1.165, 1.54) is 5.56 Å². The molecule has 2 rings (SSSR count). The summed E-state index contributed by atoms with van der Waals surface area (Å²) < 4.78 is 7.16. The number of hydrogen-bond donors (Lipinski definition) is 0. The molecule has 0 bridgehead atoms. The molecule has 1 amide bonds. The highest BCUT2D eigenvalue weighted by molar-refractivity contribution is 5.76. The van der Waals surface area contributed by atoms with Crippen molar-refractivity contribution in [2.75, 3.05) is 26.3 Å². The molecule has 1 saturated heterocycles. The fourth-order valence-electron chi connectivity index (χ4n) is 2.18. The molecule has 1 aromatic heterocycles. The molecule has 1 aromatic rings. The summed E-state index contributed by atoms with van der Waals surface area (Å²) in [4.78, 5) is 13.9. The van der Waals surface area contributed by atoms with Gasteiger partial charge < -0.3 is 9.64 Å². The zero-order valence-electron chi connectivity index (χ0n) is 11.2. The number of rotatable bonds is 4. The first-order chi connectivity index (χ1) is 8.70. The lowest BCUT2D eigenvalue weighted by molar-refractivity contribution is -0.135. The summed E-state index contributed by atoms with van der Waals surface area (Å²) in [5.74, 6) is 0.224. The Kier molecular flexibility index (Phi) is 4.36. The van der Waals surface area contributed by atoms with Gasteiger partial charge in [0.2, 0.25) is 5.91 Å². The quantitative estimate of drug-likeness (QED) is 0.802. The fourth-order valence-corrected chi connectivity index (χ4v) is 2.18. The van der Waals surface area contributed by atoms with Gasteiger partial charge in [0.05, 0.1) is 18.9 Å². The van der Waals surface area contributed by atoms with Gasteiger partial charge in [0.1, 0.15) is 0 Å². The molecule has 18 heavy (non-hydrogen) atoms. The van der Waals surface area contributed by atoms with E-state index in [2.05, 4.69) is 12.0 Å². The summed E-state index contributed by atoms with van der Waals surface area (Å²) in [6.07, 6.45) is 3.39. The zero-order chi connectivity index (χ0) is 13.0. The molecule has 0 radical (unpaired) electrons. The highest BCUT2D eigenvalue weighted by Gasteiger charge is 2.17. The van der Waals surface area contributed by atoms with Crippen molar-refractivity contribution in [3.8, 4) is 0 Å². The Balaban J connectivity index is 1.86. The lowest BCUT2D eigenvalue weighted by Crippen LogP contribution is -2.40. The number of carbonyl (C=O) groups is 1. The van der Waals surface area contributed by atoms with Crippen LogP contribution in [0.15, 0.2) is 6.20 Å². The van der Waals surface area contributed by atoms with Crippen molar-refractivity contribution < 1.29 is 9.53 Å². The molecule has 1 aliphatic heterocycles. The molecule has 5 heteroatoms. The van der Waals surface area contributed by atoms with Crippen LogP contribution in [0.3, 0.4) is 0 Å². The molecule has 0 atom stereocenters. The third-order valence-corrected chi connectivity index (χ3v) is 3.34. The average molecular weight is 251 g/mol. The second-order valence-corrected chi connectivity index (χ2v) is 4.59. The van der Waals surface area contributed by atoms with E-state index < -0.39 is 0 Å². The molecule has 0 unspecified atom stereocenters. The van der Waals surface area contributed by atoms with Gasteiger partial charge in [0.25, 0.3) is 0 Å². The minimum atomic E-state index is 0.224. The van der Waals surface area contributed by atoms with Crippen molar-refractivity contribution in [2.45, 2.75) is 33.2 Å². The molecule has 0 spiro atoms. The summed E-state index contributed by atoms with van der Waals surface area (Å²) in [6.45, 7) is 7.73. The highest BCUT2D eigenvalue weighted by atomic mass is 16.5. The fraction of sp³-hybridized carbons (Fsp3) is 0.692. The van der Waals surface area contributed by atoms with Gasteiger partial charge in [0.15, 0.2) is 0 Å². The molecule has 1 fully saturated rings. The first-order valence-corrected chi connectivity index (χ1v) is 6.59. The molecule has 0 saturated carbocycles. The predicted molar refractivity (Wildman–Crippen MR) is 68.4 cm³/mol. The second kappa shape index (κ2) is 6.00. The Morgan fingerprint density at radius 1 is 1.44 bits per heavy atom. The molecular formula is C13H21N3O2. The van der Waals surface area contributed by atoms with E-state index in [4.69, 9.17) is 4.74 Å². The first kappa shape index (κ1) is 13.1. The normalized spacial score (nSPS) is 16.0. The highest BCUT2D eigenvalue weighted by Crippen LogP contribution is 2.10.